The van der Waals surface area contributed by atoms with E-state index in [-0.39, 0.29) is 0 Å². The van der Waals surface area contributed by atoms with Gasteiger partial charge in [0.2, 0.25) is 0 Å². The lowest BCUT2D eigenvalue weighted by Gasteiger charge is -2.01. The molecule has 0 aliphatic carbocycles. The molecule has 1 atom stereocenters. The van der Waals surface area contributed by atoms with Crippen LogP contribution in [0.2, 0.25) is 6.04 Å². The van der Waals surface area contributed by atoms with E-state index in [9.17, 15) is 0 Å². The Kier molecular flexibility index (Phi) is 4.29. The summed E-state index contributed by atoms with van der Waals surface area (Å²) in [5.41, 5.74) is 0. The van der Waals surface area contributed by atoms with Crippen LogP contribution in [-0.2, 0) is 0 Å². The van der Waals surface area contributed by atoms with Gasteiger partial charge in [-0.3, -0.25) is 0 Å². The first-order valence-corrected chi connectivity index (χ1v) is 7.89. The second kappa shape index (κ2) is 3.52. The van der Waals surface area contributed by atoms with E-state index in [2.05, 4.69) is 9.24 Å². The van der Waals surface area contributed by atoms with Crippen molar-refractivity contribution in [2.75, 3.05) is 6.16 Å². The van der Waals surface area contributed by atoms with E-state index in [1.807, 2.05) is 0 Å². The minimum atomic E-state index is -2.26. The average Bonchev–Trinajstić information content (AvgIpc) is 1.30. The largest absolute Gasteiger partial charge is 0.341 e. The van der Waals surface area contributed by atoms with E-state index in [1.165, 1.54) is 0 Å². The normalized spacial score (nSPS) is 12.0. The van der Waals surface area contributed by atoms with Gasteiger partial charge in [-0.1, -0.05) is 0 Å². The van der Waals surface area contributed by atoms with Crippen LogP contribution in [0.5, 0.6) is 0 Å². The van der Waals surface area contributed by atoms with Gasteiger partial charge in [-0.05, 0) is 12.2 Å². The van der Waals surface area contributed by atoms with Crippen molar-refractivity contribution < 1.29 is 0 Å². The monoisotopic (exact) mass is 194 g/mol. The van der Waals surface area contributed by atoms with E-state index in [1.54, 1.807) is 0 Å². The molecule has 7 heavy (non-hydrogen) atoms. The molecule has 1 unspecified atom stereocenters. The summed E-state index contributed by atoms with van der Waals surface area (Å²) in [5, 5.41) is 0. The number of hydrogen-bond donors (Lipinski definition) is 0. The van der Waals surface area contributed by atoms with Crippen LogP contribution >= 0.6 is 42.5 Å². The van der Waals surface area contributed by atoms with Gasteiger partial charge >= 0.3 is 6.00 Å². The molecule has 0 rings (SSSR count). The molecule has 0 saturated heterocycles. The first kappa shape index (κ1) is 8.52. The Morgan fingerprint density at radius 2 is 1.71 bits per heavy atom. The van der Waals surface area contributed by atoms with E-state index in [0.29, 0.717) is 0 Å². The Hall–Kier alpha value is 1.52. The molecule has 0 spiro atoms. The summed E-state index contributed by atoms with van der Waals surface area (Å²) in [4.78, 5) is 0. The van der Waals surface area contributed by atoms with Gasteiger partial charge in [0.1, 0.15) is 0 Å². The first-order valence-electron chi connectivity index (χ1n) is 1.83. The van der Waals surface area contributed by atoms with Gasteiger partial charge in [-0.2, -0.15) is 0 Å². The lowest BCUT2D eigenvalue weighted by atomic mass is 11.0. The van der Waals surface area contributed by atoms with Crippen LogP contribution < -0.4 is 0 Å². The summed E-state index contributed by atoms with van der Waals surface area (Å²) in [6.07, 6.45) is 0.892. The molecule has 0 aromatic rings. The second-order valence-corrected chi connectivity index (χ2v) is 11.0. The highest BCUT2D eigenvalue weighted by atomic mass is 35.8. The van der Waals surface area contributed by atoms with Crippen molar-refractivity contribution >= 4 is 48.5 Å². The molecular weight excluding hydrogens is 189 g/mol. The van der Waals surface area contributed by atoms with E-state index < -0.39 is 6.00 Å². The molecule has 0 aromatic carbocycles. The topological polar surface area (TPSA) is 0 Å². The zero-order valence-corrected chi connectivity index (χ0v) is 8.05. The Labute approximate surface area is 60.8 Å². The third-order valence-electron chi connectivity index (χ3n) is 0.428. The minimum absolute atomic E-state index is 0.738. The average molecular weight is 195 g/mol. The van der Waals surface area contributed by atoms with Crippen molar-refractivity contribution in [1.29, 1.82) is 0 Å². The number of hydrogen-bond acceptors (Lipinski definition) is 0. The van der Waals surface area contributed by atoms with Gasteiger partial charge in [0, 0.05) is 0 Å². The summed E-state index contributed by atoms with van der Waals surface area (Å²) in [6.45, 7) is 0. The smallest absolute Gasteiger partial charge is 0.138 e. The Morgan fingerprint density at radius 3 is 1.71 bits per heavy atom. The van der Waals surface area contributed by atoms with Gasteiger partial charge in [0.15, 0.2) is 0 Å². The van der Waals surface area contributed by atoms with Crippen LogP contribution in [-0.4, -0.2) is 12.2 Å². The van der Waals surface area contributed by atoms with Crippen LogP contribution in [0.4, 0.5) is 0 Å². The van der Waals surface area contributed by atoms with Crippen LogP contribution in [0.1, 0.15) is 0 Å². The van der Waals surface area contributed by atoms with Gasteiger partial charge in [0.25, 0.3) is 0 Å². The number of halogens is 3. The summed E-state index contributed by atoms with van der Waals surface area (Å²) >= 11 is 16.5. The lowest BCUT2D eigenvalue weighted by Crippen LogP contribution is -2.07. The van der Waals surface area contributed by atoms with Crippen LogP contribution in [0.15, 0.2) is 0 Å². The second-order valence-electron chi connectivity index (χ2n) is 1.15. The predicted octanol–water partition coefficient (Wildman–Crippen LogP) is 2.52. The van der Waals surface area contributed by atoms with E-state index in [0.717, 1.165) is 12.2 Å². The predicted molar refractivity (Wildman–Crippen MR) is 42.7 cm³/mol. The minimum Gasteiger partial charge on any atom is -0.138 e. The molecule has 0 heterocycles. The van der Waals surface area contributed by atoms with E-state index in [4.69, 9.17) is 33.2 Å². The standard InChI is InChI=1S/C2H6Cl3PSi/c3-7(4,5)2-1-6/h1-2,6H2. The van der Waals surface area contributed by atoms with Crippen molar-refractivity contribution in [2.24, 2.45) is 0 Å². The zero-order chi connectivity index (χ0) is 5.91. The Bertz CT molecular complexity index is 51.4. The number of rotatable bonds is 2. The fourth-order valence-electron chi connectivity index (χ4n) is 0.164. The maximum Gasteiger partial charge on any atom is 0.341 e. The van der Waals surface area contributed by atoms with Crippen LogP contribution in [0, 0.1) is 0 Å². The van der Waals surface area contributed by atoms with Crippen molar-refractivity contribution in [3.8, 4) is 0 Å². The van der Waals surface area contributed by atoms with Gasteiger partial charge in [-0.25, -0.2) is 0 Å². The highest BCUT2D eigenvalue weighted by molar-refractivity contribution is 7.65. The highest BCUT2D eigenvalue weighted by Crippen LogP contribution is 2.25. The van der Waals surface area contributed by atoms with Crippen LogP contribution in [0.25, 0.3) is 0 Å². The quantitative estimate of drug-likeness (QED) is 0.361. The van der Waals surface area contributed by atoms with E-state index >= 15 is 0 Å². The molecule has 0 amide bonds. The third kappa shape index (κ3) is 7.52. The third-order valence-corrected chi connectivity index (χ3v) is 3.85. The molecule has 0 saturated carbocycles. The molecule has 5 heteroatoms. The molecule has 0 bridgehead atoms. The summed E-state index contributed by atoms with van der Waals surface area (Å²) in [7, 11) is 2.52. The maximum absolute atomic E-state index is 5.49. The first-order chi connectivity index (χ1) is 3.06. The molecule has 44 valence electrons. The molecule has 0 fully saturated rings. The maximum atomic E-state index is 5.49. The summed E-state index contributed by atoms with van der Waals surface area (Å²) in [5.74, 6) is 0. The molecule has 0 aliphatic heterocycles. The van der Waals surface area contributed by atoms with Gasteiger partial charge in [-0.15, -0.1) is 42.5 Å². The highest BCUT2D eigenvalue weighted by Gasteiger charge is 2.22. The van der Waals surface area contributed by atoms with Gasteiger partial charge in [0.05, 0.1) is 0 Å². The molecule has 0 N–H and O–H groups in total. The summed E-state index contributed by atoms with van der Waals surface area (Å²) < 4.78 is 0. The fraction of sp³-hybridized carbons (Fsp3) is 1.00. The van der Waals surface area contributed by atoms with Crippen molar-refractivity contribution in [3.05, 3.63) is 0 Å². The van der Waals surface area contributed by atoms with Crippen LogP contribution in [0.3, 0.4) is 0 Å². The lowest BCUT2D eigenvalue weighted by molar-refractivity contribution is 1.49. The van der Waals surface area contributed by atoms with Crippen molar-refractivity contribution in [2.45, 2.75) is 6.04 Å². The summed E-state index contributed by atoms with van der Waals surface area (Å²) in [6, 6.07) is -1.52. The van der Waals surface area contributed by atoms with Crippen molar-refractivity contribution in [3.63, 3.8) is 0 Å². The zero-order valence-electron chi connectivity index (χ0n) is 3.63. The SMILES string of the molecule is PCC[Si](Cl)(Cl)Cl. The fourth-order valence-corrected chi connectivity index (χ4v) is 4.42. The molecule has 0 nitrogen and oxygen atoms in total. The van der Waals surface area contributed by atoms with Gasteiger partial charge < -0.3 is 0 Å². The molecular formula is C2H6Cl3PSi. The van der Waals surface area contributed by atoms with Crippen molar-refractivity contribution in [1.82, 2.24) is 0 Å². The molecule has 0 aromatic heterocycles. The Balaban J connectivity index is 3.15. The Morgan fingerprint density at radius 1 is 1.29 bits per heavy atom. The molecule has 0 aliphatic rings. The molecule has 0 radical (unpaired) electrons.